The standard InChI is InChI=1S/C14H15BrCl2N2O2/c15-14-18-12-3-10(16)11(17)4-13(12)19(14)9-1-7(5-20)8(2-9)6-21/h3-4,7-9,20-21H,1-2,5-6H2. The molecule has 1 aliphatic rings. The summed E-state index contributed by atoms with van der Waals surface area (Å²) in [6.07, 6.45) is 1.62. The number of benzene rings is 1. The molecule has 1 fully saturated rings. The Morgan fingerprint density at radius 1 is 1.14 bits per heavy atom. The van der Waals surface area contributed by atoms with Gasteiger partial charge in [0.25, 0.3) is 0 Å². The molecular weight excluding hydrogens is 379 g/mol. The maximum absolute atomic E-state index is 9.46. The van der Waals surface area contributed by atoms with E-state index in [0.29, 0.717) is 10.0 Å². The summed E-state index contributed by atoms with van der Waals surface area (Å²) in [7, 11) is 0. The number of hydrogen-bond donors (Lipinski definition) is 2. The van der Waals surface area contributed by atoms with Crippen LogP contribution in [-0.2, 0) is 0 Å². The zero-order valence-electron chi connectivity index (χ0n) is 11.1. The van der Waals surface area contributed by atoms with Crippen LogP contribution in [0.15, 0.2) is 16.9 Å². The summed E-state index contributed by atoms with van der Waals surface area (Å²) in [5.41, 5.74) is 1.70. The maximum atomic E-state index is 9.46. The molecule has 1 aromatic carbocycles. The minimum Gasteiger partial charge on any atom is -0.396 e. The van der Waals surface area contributed by atoms with E-state index in [1.54, 1.807) is 6.07 Å². The van der Waals surface area contributed by atoms with Crippen LogP contribution in [0.2, 0.25) is 10.0 Å². The summed E-state index contributed by atoms with van der Waals surface area (Å²) in [4.78, 5) is 4.47. The molecule has 1 aliphatic carbocycles. The minimum atomic E-state index is 0.0958. The van der Waals surface area contributed by atoms with Crippen molar-refractivity contribution in [1.82, 2.24) is 9.55 Å². The summed E-state index contributed by atoms with van der Waals surface area (Å²) >= 11 is 15.6. The van der Waals surface area contributed by atoms with Crippen molar-refractivity contribution in [3.63, 3.8) is 0 Å². The molecule has 2 N–H and O–H groups in total. The van der Waals surface area contributed by atoms with Crippen LogP contribution in [0, 0.1) is 11.8 Å². The van der Waals surface area contributed by atoms with Gasteiger partial charge in [0.15, 0.2) is 4.73 Å². The molecule has 2 unspecified atom stereocenters. The van der Waals surface area contributed by atoms with Crippen molar-refractivity contribution >= 4 is 50.2 Å². The first-order valence-corrected chi connectivity index (χ1v) is 8.34. The number of fused-ring (bicyclic) bond motifs is 1. The zero-order valence-corrected chi connectivity index (χ0v) is 14.2. The Labute approximate surface area is 140 Å². The Bertz CT molecular complexity index is 665. The van der Waals surface area contributed by atoms with Gasteiger partial charge in [-0.3, -0.25) is 0 Å². The lowest BCUT2D eigenvalue weighted by Crippen LogP contribution is -2.15. The van der Waals surface area contributed by atoms with E-state index in [9.17, 15) is 10.2 Å². The molecule has 2 atom stereocenters. The van der Waals surface area contributed by atoms with Crippen molar-refractivity contribution in [2.45, 2.75) is 18.9 Å². The second kappa shape index (κ2) is 6.05. The lowest BCUT2D eigenvalue weighted by atomic mass is 9.98. The van der Waals surface area contributed by atoms with Crippen LogP contribution in [-0.4, -0.2) is 33.0 Å². The van der Waals surface area contributed by atoms with Crippen LogP contribution in [0.3, 0.4) is 0 Å². The molecule has 0 aliphatic heterocycles. The molecule has 7 heteroatoms. The van der Waals surface area contributed by atoms with Gasteiger partial charge in [0, 0.05) is 19.3 Å². The van der Waals surface area contributed by atoms with E-state index >= 15 is 0 Å². The van der Waals surface area contributed by atoms with Gasteiger partial charge >= 0.3 is 0 Å². The Hall–Kier alpha value is -0.330. The van der Waals surface area contributed by atoms with Gasteiger partial charge < -0.3 is 14.8 Å². The van der Waals surface area contributed by atoms with Crippen molar-refractivity contribution in [3.05, 3.63) is 26.9 Å². The summed E-state index contributed by atoms with van der Waals surface area (Å²) < 4.78 is 2.80. The van der Waals surface area contributed by atoms with Gasteiger partial charge in [-0.1, -0.05) is 23.2 Å². The lowest BCUT2D eigenvalue weighted by molar-refractivity contribution is 0.141. The maximum Gasteiger partial charge on any atom is 0.178 e. The number of aliphatic hydroxyl groups is 2. The van der Waals surface area contributed by atoms with Crippen LogP contribution < -0.4 is 0 Å². The highest BCUT2D eigenvalue weighted by atomic mass is 79.9. The molecule has 114 valence electrons. The normalized spacial score (nSPS) is 25.9. The van der Waals surface area contributed by atoms with Gasteiger partial charge in [-0.05, 0) is 52.7 Å². The molecule has 21 heavy (non-hydrogen) atoms. The average Bonchev–Trinajstić information content (AvgIpc) is 2.99. The molecule has 0 radical (unpaired) electrons. The Morgan fingerprint density at radius 2 is 1.71 bits per heavy atom. The molecule has 0 amide bonds. The highest BCUT2D eigenvalue weighted by molar-refractivity contribution is 9.10. The van der Waals surface area contributed by atoms with Crippen molar-refractivity contribution in [2.75, 3.05) is 13.2 Å². The summed E-state index contributed by atoms with van der Waals surface area (Å²) in [6.45, 7) is 0.192. The van der Waals surface area contributed by atoms with Gasteiger partial charge in [0.1, 0.15) is 0 Å². The van der Waals surface area contributed by atoms with E-state index in [1.165, 1.54) is 0 Å². The first kappa shape index (κ1) is 15.6. The van der Waals surface area contributed by atoms with Crippen molar-refractivity contribution in [3.8, 4) is 0 Å². The molecular formula is C14H15BrCl2N2O2. The highest BCUT2D eigenvalue weighted by Crippen LogP contribution is 2.42. The van der Waals surface area contributed by atoms with Gasteiger partial charge in [0.2, 0.25) is 0 Å². The second-order valence-corrected chi connectivity index (χ2v) is 7.04. The third-order valence-electron chi connectivity index (χ3n) is 4.34. The first-order chi connectivity index (χ1) is 10.0. The van der Waals surface area contributed by atoms with Crippen LogP contribution in [0.25, 0.3) is 11.0 Å². The number of imidazole rings is 1. The highest BCUT2D eigenvalue weighted by Gasteiger charge is 2.35. The van der Waals surface area contributed by atoms with Crippen LogP contribution in [0.4, 0.5) is 0 Å². The summed E-state index contributed by atoms with van der Waals surface area (Å²) in [6, 6.07) is 3.75. The van der Waals surface area contributed by atoms with Gasteiger partial charge in [-0.15, -0.1) is 0 Å². The quantitative estimate of drug-likeness (QED) is 0.836. The van der Waals surface area contributed by atoms with Gasteiger partial charge in [-0.25, -0.2) is 4.98 Å². The van der Waals surface area contributed by atoms with E-state index in [1.807, 2.05) is 6.07 Å². The predicted octanol–water partition coefficient (Wildman–Crippen LogP) is 3.66. The first-order valence-electron chi connectivity index (χ1n) is 6.79. The Kier molecular flexibility index (Phi) is 4.48. The van der Waals surface area contributed by atoms with E-state index in [-0.39, 0.29) is 31.1 Å². The number of hydrogen-bond acceptors (Lipinski definition) is 3. The molecule has 0 bridgehead atoms. The number of aromatic nitrogens is 2. The number of halogens is 3. The average molecular weight is 394 g/mol. The molecule has 0 saturated heterocycles. The van der Waals surface area contributed by atoms with E-state index in [4.69, 9.17) is 23.2 Å². The Balaban J connectivity index is 2.05. The molecule has 1 heterocycles. The van der Waals surface area contributed by atoms with Crippen LogP contribution in [0.5, 0.6) is 0 Å². The zero-order chi connectivity index (χ0) is 15.1. The topological polar surface area (TPSA) is 58.3 Å². The second-order valence-electron chi connectivity index (χ2n) is 5.52. The van der Waals surface area contributed by atoms with E-state index in [0.717, 1.165) is 28.6 Å². The largest absolute Gasteiger partial charge is 0.396 e. The van der Waals surface area contributed by atoms with Crippen molar-refractivity contribution in [1.29, 1.82) is 0 Å². The fraction of sp³-hybridized carbons (Fsp3) is 0.500. The monoisotopic (exact) mass is 392 g/mol. The van der Waals surface area contributed by atoms with Crippen LogP contribution >= 0.6 is 39.1 Å². The fourth-order valence-corrected chi connectivity index (χ4v) is 4.23. The molecule has 1 aromatic heterocycles. The molecule has 3 rings (SSSR count). The lowest BCUT2D eigenvalue weighted by Gasteiger charge is -2.15. The molecule has 0 spiro atoms. The van der Waals surface area contributed by atoms with Crippen molar-refractivity contribution in [2.24, 2.45) is 11.8 Å². The smallest absolute Gasteiger partial charge is 0.178 e. The molecule has 2 aromatic rings. The predicted molar refractivity (Wildman–Crippen MR) is 86.9 cm³/mol. The molecule has 4 nitrogen and oxygen atoms in total. The van der Waals surface area contributed by atoms with Gasteiger partial charge in [-0.2, -0.15) is 0 Å². The van der Waals surface area contributed by atoms with Gasteiger partial charge in [0.05, 0.1) is 21.1 Å². The third kappa shape index (κ3) is 2.70. The summed E-state index contributed by atoms with van der Waals surface area (Å²) in [5.74, 6) is 0.235. The number of rotatable bonds is 3. The summed E-state index contributed by atoms with van der Waals surface area (Å²) in [5, 5.41) is 19.9. The van der Waals surface area contributed by atoms with Crippen LogP contribution in [0.1, 0.15) is 18.9 Å². The van der Waals surface area contributed by atoms with Crippen molar-refractivity contribution < 1.29 is 10.2 Å². The van der Waals surface area contributed by atoms with E-state index in [2.05, 4.69) is 25.5 Å². The Morgan fingerprint density at radius 3 is 2.29 bits per heavy atom. The number of aliphatic hydroxyl groups excluding tert-OH is 2. The third-order valence-corrected chi connectivity index (χ3v) is 5.62. The minimum absolute atomic E-state index is 0.0958. The number of nitrogens with zero attached hydrogens (tertiary/aromatic N) is 2. The molecule has 1 saturated carbocycles. The fourth-order valence-electron chi connectivity index (χ4n) is 3.25. The SMILES string of the molecule is OCC1CC(n2c(Br)nc3cc(Cl)c(Cl)cc32)CC1CO. The van der Waals surface area contributed by atoms with E-state index < -0.39 is 0 Å².